The predicted octanol–water partition coefficient (Wildman–Crippen LogP) is 4.20. The maximum Gasteiger partial charge on any atom is 0.159 e. The zero-order valence-corrected chi connectivity index (χ0v) is 13.0. The first-order chi connectivity index (χ1) is 11.3. The molecular weight excluding hydrogens is 286 g/mol. The maximum absolute atomic E-state index is 8.84. The third kappa shape index (κ3) is 3.57. The first-order valence-electron chi connectivity index (χ1n) is 7.89. The van der Waals surface area contributed by atoms with E-state index in [9.17, 15) is 0 Å². The van der Waals surface area contributed by atoms with Crippen molar-refractivity contribution < 1.29 is 4.74 Å². The Hall–Kier alpha value is -2.67. The van der Waals surface area contributed by atoms with E-state index in [4.69, 9.17) is 10.00 Å². The Balaban J connectivity index is 1.67. The zero-order valence-electron chi connectivity index (χ0n) is 13.0. The lowest BCUT2D eigenvalue weighted by molar-refractivity contribution is 0.100. The van der Waals surface area contributed by atoms with Gasteiger partial charge in [0.2, 0.25) is 0 Å². The minimum atomic E-state index is 0.308. The van der Waals surface area contributed by atoms with Crippen LogP contribution in [0.3, 0.4) is 0 Å². The number of ether oxygens (including phenoxy) is 1. The highest BCUT2D eigenvalue weighted by Gasteiger charge is 2.23. The normalized spacial score (nSPS) is 20.5. The number of rotatable bonds is 4. The summed E-state index contributed by atoms with van der Waals surface area (Å²) in [4.78, 5) is 8.99. The smallest absolute Gasteiger partial charge is 0.159 e. The zero-order chi connectivity index (χ0) is 16.1. The second-order valence-corrected chi connectivity index (χ2v) is 5.81. The summed E-state index contributed by atoms with van der Waals surface area (Å²) in [5, 5.41) is 8.84. The molecule has 1 aliphatic carbocycles. The Morgan fingerprint density at radius 1 is 1.09 bits per heavy atom. The molecule has 116 valence electrons. The monoisotopic (exact) mass is 305 g/mol. The molecule has 2 aromatic rings. The summed E-state index contributed by atoms with van der Waals surface area (Å²) >= 11 is 0. The molecule has 0 radical (unpaired) electrons. The van der Waals surface area contributed by atoms with E-state index >= 15 is 0 Å². The Morgan fingerprint density at radius 3 is 2.30 bits per heavy atom. The van der Waals surface area contributed by atoms with Crippen LogP contribution in [0.15, 0.2) is 49.5 Å². The van der Waals surface area contributed by atoms with Crippen molar-refractivity contribution in [2.24, 2.45) is 0 Å². The Labute approximate surface area is 136 Å². The lowest BCUT2D eigenvalue weighted by atomic mass is 9.84. The van der Waals surface area contributed by atoms with Crippen LogP contribution in [-0.2, 0) is 4.74 Å². The van der Waals surface area contributed by atoms with Gasteiger partial charge in [-0.1, -0.05) is 6.58 Å². The second kappa shape index (κ2) is 7.06. The van der Waals surface area contributed by atoms with Crippen molar-refractivity contribution >= 4 is 0 Å². The lowest BCUT2D eigenvalue weighted by Gasteiger charge is -2.27. The van der Waals surface area contributed by atoms with Gasteiger partial charge in [0, 0.05) is 18.0 Å². The van der Waals surface area contributed by atoms with Crippen LogP contribution in [0.4, 0.5) is 0 Å². The average Bonchev–Trinajstić information content (AvgIpc) is 2.63. The van der Waals surface area contributed by atoms with Gasteiger partial charge in [-0.25, -0.2) is 9.97 Å². The molecule has 3 rings (SSSR count). The highest BCUT2D eigenvalue weighted by atomic mass is 16.5. The maximum atomic E-state index is 8.84. The molecule has 1 saturated carbocycles. The molecule has 0 unspecified atom stereocenters. The molecule has 0 spiro atoms. The van der Waals surface area contributed by atoms with Crippen LogP contribution >= 0.6 is 0 Å². The molecular formula is C19H19N3O. The molecule has 0 atom stereocenters. The van der Waals surface area contributed by atoms with E-state index in [0.29, 0.717) is 23.4 Å². The van der Waals surface area contributed by atoms with E-state index in [0.717, 1.165) is 31.2 Å². The van der Waals surface area contributed by atoms with Crippen LogP contribution in [0.2, 0.25) is 0 Å². The van der Waals surface area contributed by atoms with E-state index in [1.54, 1.807) is 18.4 Å². The van der Waals surface area contributed by atoms with Gasteiger partial charge in [-0.05, 0) is 61.4 Å². The molecule has 1 aromatic carbocycles. The molecule has 0 amide bonds. The molecule has 1 aromatic heterocycles. The first-order valence-corrected chi connectivity index (χ1v) is 7.89. The first kappa shape index (κ1) is 15.2. The fraction of sp³-hybridized carbons (Fsp3) is 0.316. The van der Waals surface area contributed by atoms with Crippen LogP contribution < -0.4 is 0 Å². The highest BCUT2D eigenvalue weighted by Crippen LogP contribution is 2.33. The van der Waals surface area contributed by atoms with E-state index in [2.05, 4.69) is 22.6 Å². The molecule has 0 saturated heterocycles. The van der Waals surface area contributed by atoms with Gasteiger partial charge in [0.1, 0.15) is 0 Å². The van der Waals surface area contributed by atoms with Gasteiger partial charge in [-0.15, -0.1) is 0 Å². The largest absolute Gasteiger partial charge is 0.499 e. The van der Waals surface area contributed by atoms with Gasteiger partial charge >= 0.3 is 0 Å². The van der Waals surface area contributed by atoms with Crippen molar-refractivity contribution in [3.05, 3.63) is 60.6 Å². The number of nitrogens with zero attached hydrogens (tertiary/aromatic N) is 3. The summed E-state index contributed by atoms with van der Waals surface area (Å²) in [6.07, 6.45) is 10.0. The van der Waals surface area contributed by atoms with Crippen molar-refractivity contribution in [2.45, 2.75) is 37.7 Å². The Morgan fingerprint density at radius 2 is 1.74 bits per heavy atom. The molecule has 0 bridgehead atoms. The summed E-state index contributed by atoms with van der Waals surface area (Å²) in [6.45, 7) is 3.62. The highest BCUT2D eigenvalue weighted by molar-refractivity contribution is 5.56. The van der Waals surface area contributed by atoms with Crippen LogP contribution in [0.5, 0.6) is 0 Å². The van der Waals surface area contributed by atoms with Gasteiger partial charge in [0.15, 0.2) is 5.82 Å². The third-order valence-corrected chi connectivity index (χ3v) is 4.38. The molecule has 0 aliphatic heterocycles. The molecule has 0 N–H and O–H groups in total. The minimum Gasteiger partial charge on any atom is -0.499 e. The average molecular weight is 305 g/mol. The number of hydrogen-bond acceptors (Lipinski definition) is 4. The van der Waals surface area contributed by atoms with Crippen molar-refractivity contribution in [2.75, 3.05) is 0 Å². The standard InChI is InChI=1S/C19H19N3O/c1-2-23-18-9-7-15(8-10-18)17-12-21-19(22-13-17)16-5-3-14(11-20)4-6-16/h2-6,12-13,15,18H,1,7-10H2/t15-,18-. The Kier molecular flexibility index (Phi) is 4.68. The number of aromatic nitrogens is 2. The van der Waals surface area contributed by atoms with Crippen LogP contribution in [0, 0.1) is 11.3 Å². The molecule has 4 nitrogen and oxygen atoms in total. The van der Waals surface area contributed by atoms with E-state index < -0.39 is 0 Å². The van der Waals surface area contributed by atoms with E-state index in [-0.39, 0.29) is 0 Å². The summed E-state index contributed by atoms with van der Waals surface area (Å²) in [5.74, 6) is 1.21. The summed E-state index contributed by atoms with van der Waals surface area (Å²) in [6, 6.07) is 9.44. The van der Waals surface area contributed by atoms with Gasteiger partial charge < -0.3 is 4.74 Å². The van der Waals surface area contributed by atoms with Crippen LogP contribution in [0.25, 0.3) is 11.4 Å². The lowest BCUT2D eigenvalue weighted by Crippen LogP contribution is -2.19. The summed E-state index contributed by atoms with van der Waals surface area (Å²) in [5.41, 5.74) is 2.77. The minimum absolute atomic E-state index is 0.308. The molecule has 23 heavy (non-hydrogen) atoms. The predicted molar refractivity (Wildman–Crippen MR) is 88.5 cm³/mol. The van der Waals surface area contributed by atoms with E-state index in [1.165, 1.54) is 5.56 Å². The fourth-order valence-electron chi connectivity index (χ4n) is 3.06. The van der Waals surface area contributed by atoms with Crippen molar-refractivity contribution in [3.63, 3.8) is 0 Å². The molecule has 1 aliphatic rings. The molecule has 1 heterocycles. The van der Waals surface area contributed by atoms with E-state index in [1.807, 2.05) is 24.5 Å². The number of benzene rings is 1. The molecule has 1 fully saturated rings. The summed E-state index contributed by atoms with van der Waals surface area (Å²) in [7, 11) is 0. The Bertz CT molecular complexity index is 693. The van der Waals surface area contributed by atoms with Gasteiger partial charge in [0.05, 0.1) is 24.0 Å². The topological polar surface area (TPSA) is 58.8 Å². The van der Waals surface area contributed by atoms with Crippen LogP contribution in [-0.4, -0.2) is 16.1 Å². The van der Waals surface area contributed by atoms with Crippen molar-refractivity contribution in [1.82, 2.24) is 9.97 Å². The fourth-order valence-corrected chi connectivity index (χ4v) is 3.06. The molecule has 4 heteroatoms. The van der Waals surface area contributed by atoms with Gasteiger partial charge in [-0.2, -0.15) is 5.26 Å². The SMILES string of the molecule is C=CO[C@H]1CC[C@H](c2cnc(-c3ccc(C#N)cc3)nc2)CC1. The second-order valence-electron chi connectivity index (χ2n) is 5.81. The quantitative estimate of drug-likeness (QED) is 0.794. The summed E-state index contributed by atoms with van der Waals surface area (Å²) < 4.78 is 5.47. The van der Waals surface area contributed by atoms with Crippen molar-refractivity contribution in [1.29, 1.82) is 5.26 Å². The number of hydrogen-bond donors (Lipinski definition) is 0. The van der Waals surface area contributed by atoms with Gasteiger partial charge in [-0.3, -0.25) is 0 Å². The van der Waals surface area contributed by atoms with Crippen molar-refractivity contribution in [3.8, 4) is 17.5 Å². The van der Waals surface area contributed by atoms with Crippen LogP contribution in [0.1, 0.15) is 42.7 Å². The number of nitriles is 1. The van der Waals surface area contributed by atoms with Gasteiger partial charge in [0.25, 0.3) is 0 Å². The third-order valence-electron chi connectivity index (χ3n) is 4.38.